The predicted molar refractivity (Wildman–Crippen MR) is 89.9 cm³/mol. The van der Waals surface area contributed by atoms with E-state index < -0.39 is 16.1 Å². The van der Waals surface area contributed by atoms with Gasteiger partial charge in [-0.05, 0) is 10.8 Å². The zero-order valence-corrected chi connectivity index (χ0v) is 14.5. The van der Waals surface area contributed by atoms with Gasteiger partial charge < -0.3 is 0 Å². The highest BCUT2D eigenvalue weighted by Crippen LogP contribution is 2.17. The zero-order valence-electron chi connectivity index (χ0n) is 12.5. The van der Waals surface area contributed by atoms with Gasteiger partial charge in [0.1, 0.15) is 0 Å². The molecule has 2 rings (SSSR count). The Bertz CT molecular complexity index is 519. The Labute approximate surface area is 113 Å². The molecular weight excluding hydrogens is 248 g/mol. The van der Waals surface area contributed by atoms with Crippen molar-refractivity contribution in [3.05, 3.63) is 36.4 Å². The normalized spacial score (nSPS) is 13.0. The quantitative estimate of drug-likeness (QED) is 0.727. The number of fused-ring (bicyclic) bond motifs is 1. The largest absolute Gasteiger partial charge is 0.0784 e. The van der Waals surface area contributed by atoms with Gasteiger partial charge in [0.25, 0.3) is 0 Å². The first-order valence-corrected chi connectivity index (χ1v) is 13.7. The van der Waals surface area contributed by atoms with Crippen molar-refractivity contribution in [1.29, 1.82) is 0 Å². The van der Waals surface area contributed by atoms with E-state index in [0.29, 0.717) is 0 Å². The summed E-state index contributed by atoms with van der Waals surface area (Å²) >= 11 is 0. The Balaban J connectivity index is 2.83. The first-order chi connectivity index (χ1) is 8.21. The van der Waals surface area contributed by atoms with Crippen LogP contribution in [0, 0.1) is 0 Å². The smallest absolute Gasteiger partial charge is 0.0656 e. The minimum atomic E-state index is -1.26. The van der Waals surface area contributed by atoms with E-state index in [1.54, 1.807) is 10.4 Å². The van der Waals surface area contributed by atoms with E-state index in [-0.39, 0.29) is 0 Å². The molecule has 0 nitrogen and oxygen atoms in total. The van der Waals surface area contributed by atoms with Crippen LogP contribution >= 0.6 is 0 Å². The third-order valence-electron chi connectivity index (χ3n) is 3.54. The van der Waals surface area contributed by atoms with Crippen LogP contribution in [0.25, 0.3) is 10.8 Å². The van der Waals surface area contributed by atoms with Gasteiger partial charge in [0.05, 0.1) is 16.1 Å². The zero-order chi connectivity index (χ0) is 13.6. The van der Waals surface area contributed by atoms with Crippen LogP contribution in [0.4, 0.5) is 0 Å². The summed E-state index contributed by atoms with van der Waals surface area (Å²) in [6.45, 7) is 14.6. The lowest BCUT2D eigenvalue weighted by atomic mass is 10.1. The highest BCUT2D eigenvalue weighted by Gasteiger charge is 2.24. The molecule has 0 aliphatic carbocycles. The predicted octanol–water partition coefficient (Wildman–Crippen LogP) is 3.93. The van der Waals surface area contributed by atoms with Crippen molar-refractivity contribution < 1.29 is 0 Å². The Kier molecular flexibility index (Phi) is 3.28. The van der Waals surface area contributed by atoms with E-state index in [1.807, 2.05) is 0 Å². The second-order valence-electron chi connectivity index (χ2n) is 7.21. The molecule has 0 spiro atoms. The Morgan fingerprint density at radius 2 is 0.889 bits per heavy atom. The van der Waals surface area contributed by atoms with E-state index in [2.05, 4.69) is 75.7 Å². The third kappa shape index (κ3) is 2.45. The maximum atomic E-state index is 2.43. The van der Waals surface area contributed by atoms with Gasteiger partial charge in [-0.3, -0.25) is 0 Å². The van der Waals surface area contributed by atoms with Crippen LogP contribution in [0.15, 0.2) is 36.4 Å². The van der Waals surface area contributed by atoms with E-state index in [0.717, 1.165) is 0 Å². The van der Waals surface area contributed by atoms with Crippen LogP contribution in [0.3, 0.4) is 0 Å². The molecule has 0 aromatic heterocycles. The maximum Gasteiger partial charge on any atom is 0.0784 e. The molecule has 0 heterocycles. The molecule has 0 aliphatic rings. The molecule has 2 heteroatoms. The van der Waals surface area contributed by atoms with Crippen molar-refractivity contribution in [3.63, 3.8) is 0 Å². The summed E-state index contributed by atoms with van der Waals surface area (Å²) in [5.74, 6) is 0. The van der Waals surface area contributed by atoms with Crippen LogP contribution in [0.5, 0.6) is 0 Å². The molecular formula is C16H24Si2. The molecule has 0 saturated heterocycles. The van der Waals surface area contributed by atoms with Crippen molar-refractivity contribution in [2.24, 2.45) is 0 Å². The molecule has 96 valence electrons. The topological polar surface area (TPSA) is 0 Å². The van der Waals surface area contributed by atoms with E-state index in [9.17, 15) is 0 Å². The van der Waals surface area contributed by atoms with Gasteiger partial charge >= 0.3 is 0 Å². The number of hydrogen-bond acceptors (Lipinski definition) is 0. The van der Waals surface area contributed by atoms with Gasteiger partial charge in [-0.1, -0.05) is 86.1 Å². The van der Waals surface area contributed by atoms with Gasteiger partial charge in [0, 0.05) is 0 Å². The van der Waals surface area contributed by atoms with Crippen molar-refractivity contribution in [2.75, 3.05) is 0 Å². The molecule has 0 fully saturated rings. The van der Waals surface area contributed by atoms with E-state index in [4.69, 9.17) is 0 Å². The molecule has 18 heavy (non-hydrogen) atoms. The second-order valence-corrected chi connectivity index (χ2v) is 17.3. The molecule has 0 unspecified atom stereocenters. The van der Waals surface area contributed by atoms with Gasteiger partial charge in [0.15, 0.2) is 0 Å². The van der Waals surface area contributed by atoms with Gasteiger partial charge in [-0.25, -0.2) is 0 Å². The average Bonchev–Trinajstić information content (AvgIpc) is 2.24. The fourth-order valence-electron chi connectivity index (χ4n) is 2.61. The lowest BCUT2D eigenvalue weighted by molar-refractivity contribution is 1.69. The molecule has 0 amide bonds. The molecule has 2 aromatic rings. The average molecular weight is 273 g/mol. The van der Waals surface area contributed by atoms with E-state index in [1.165, 1.54) is 10.8 Å². The lowest BCUT2D eigenvalue weighted by Crippen LogP contribution is -2.43. The van der Waals surface area contributed by atoms with Crippen LogP contribution in [-0.2, 0) is 0 Å². The molecule has 2 aromatic carbocycles. The SMILES string of the molecule is C[Si](C)(C)c1ccc([Si](C)(C)C)c2ccccc12. The molecule has 0 N–H and O–H groups in total. The summed E-state index contributed by atoms with van der Waals surface area (Å²) < 4.78 is 0. The summed E-state index contributed by atoms with van der Waals surface area (Å²) in [5.41, 5.74) is 0. The summed E-state index contributed by atoms with van der Waals surface area (Å²) in [4.78, 5) is 0. The van der Waals surface area contributed by atoms with Gasteiger partial charge in [-0.2, -0.15) is 0 Å². The number of hydrogen-bond donors (Lipinski definition) is 0. The number of benzene rings is 2. The maximum absolute atomic E-state index is 2.43. The lowest BCUT2D eigenvalue weighted by Gasteiger charge is -2.25. The fourth-order valence-corrected chi connectivity index (χ4v) is 5.83. The minimum absolute atomic E-state index is 1.26. The van der Waals surface area contributed by atoms with Gasteiger partial charge in [-0.15, -0.1) is 0 Å². The van der Waals surface area contributed by atoms with Crippen LogP contribution in [0.1, 0.15) is 0 Å². The summed E-state index contributed by atoms with van der Waals surface area (Å²) in [7, 11) is -2.53. The van der Waals surface area contributed by atoms with Crippen molar-refractivity contribution in [3.8, 4) is 0 Å². The number of rotatable bonds is 2. The molecule has 0 aliphatic heterocycles. The van der Waals surface area contributed by atoms with Crippen LogP contribution in [0.2, 0.25) is 39.3 Å². The standard InChI is InChI=1S/C16H24Si2/c1-17(2,3)15-11-12-16(18(4,5)6)14-10-8-7-9-13(14)15/h7-12H,1-6H3. The first-order valence-electron chi connectivity index (χ1n) is 6.74. The van der Waals surface area contributed by atoms with Crippen LogP contribution < -0.4 is 10.4 Å². The Morgan fingerprint density at radius 1 is 0.556 bits per heavy atom. The monoisotopic (exact) mass is 272 g/mol. The Hall–Kier alpha value is -0.866. The molecule has 0 saturated carbocycles. The second kappa shape index (κ2) is 4.35. The molecule has 0 radical (unpaired) electrons. The van der Waals surface area contributed by atoms with Crippen molar-refractivity contribution in [1.82, 2.24) is 0 Å². The Morgan fingerprint density at radius 3 is 1.17 bits per heavy atom. The summed E-state index contributed by atoms with van der Waals surface area (Å²) in [6, 6.07) is 13.8. The summed E-state index contributed by atoms with van der Waals surface area (Å²) in [6.07, 6.45) is 0. The highest BCUT2D eigenvalue weighted by atomic mass is 28.3. The first kappa shape index (κ1) is 13.6. The third-order valence-corrected chi connectivity index (χ3v) is 7.64. The van der Waals surface area contributed by atoms with Crippen molar-refractivity contribution >= 4 is 37.3 Å². The minimum Gasteiger partial charge on any atom is -0.0656 e. The molecule has 0 atom stereocenters. The highest BCUT2D eigenvalue weighted by molar-refractivity contribution is 6.92. The molecule has 0 bridgehead atoms. The van der Waals surface area contributed by atoms with E-state index >= 15 is 0 Å². The summed E-state index contributed by atoms with van der Waals surface area (Å²) in [5, 5.41) is 6.19. The van der Waals surface area contributed by atoms with Crippen LogP contribution in [-0.4, -0.2) is 16.1 Å². The fraction of sp³-hybridized carbons (Fsp3) is 0.375. The van der Waals surface area contributed by atoms with Crippen molar-refractivity contribution in [2.45, 2.75) is 39.3 Å². The van der Waals surface area contributed by atoms with Gasteiger partial charge in [0.2, 0.25) is 0 Å².